The Hall–Kier alpha value is -4.49. The SMILES string of the molecule is O=C(NC(c1ccc(C(F)(F)F)cc1)c1ncccc1F)c1ccc2nccn2c1.O=C(O)C(F)(F)F. The van der Waals surface area contributed by atoms with Crippen molar-refractivity contribution in [2.24, 2.45) is 0 Å². The number of rotatable bonds is 4. The Kier molecular flexibility index (Phi) is 7.79. The molecule has 1 aromatic carbocycles. The van der Waals surface area contributed by atoms with Crippen LogP contribution in [0.3, 0.4) is 0 Å². The van der Waals surface area contributed by atoms with Gasteiger partial charge in [0.1, 0.15) is 17.2 Å². The lowest BCUT2D eigenvalue weighted by molar-refractivity contribution is -0.192. The maximum atomic E-state index is 14.4. The molecule has 3 aromatic heterocycles. The predicted molar refractivity (Wildman–Crippen MR) is 114 cm³/mol. The van der Waals surface area contributed by atoms with E-state index in [1.165, 1.54) is 30.5 Å². The second-order valence-corrected chi connectivity index (χ2v) is 7.31. The summed E-state index contributed by atoms with van der Waals surface area (Å²) in [5.41, 5.74) is 0.228. The second kappa shape index (κ2) is 10.6. The molecule has 4 aromatic rings. The normalized spacial score (nSPS) is 12.4. The first-order chi connectivity index (χ1) is 17.3. The number of amides is 1. The van der Waals surface area contributed by atoms with E-state index >= 15 is 0 Å². The van der Waals surface area contributed by atoms with Crippen LogP contribution in [0.2, 0.25) is 0 Å². The molecule has 37 heavy (non-hydrogen) atoms. The van der Waals surface area contributed by atoms with Gasteiger partial charge in [-0.05, 0) is 42.0 Å². The molecule has 0 spiro atoms. The van der Waals surface area contributed by atoms with Crippen molar-refractivity contribution in [3.05, 3.63) is 102 Å². The van der Waals surface area contributed by atoms with Crippen molar-refractivity contribution in [3.8, 4) is 0 Å². The summed E-state index contributed by atoms with van der Waals surface area (Å²) in [6.07, 6.45) is -3.45. The van der Waals surface area contributed by atoms with Crippen molar-refractivity contribution < 1.29 is 45.4 Å². The number of alkyl halides is 6. The Morgan fingerprint density at radius 1 is 0.919 bits per heavy atom. The number of nitrogens with one attached hydrogen (secondary N) is 1. The van der Waals surface area contributed by atoms with Gasteiger partial charge in [0.05, 0.1) is 17.2 Å². The Morgan fingerprint density at radius 3 is 2.14 bits per heavy atom. The molecule has 1 atom stereocenters. The van der Waals surface area contributed by atoms with Gasteiger partial charge in [-0.1, -0.05) is 12.1 Å². The molecule has 1 amide bonds. The van der Waals surface area contributed by atoms with Crippen molar-refractivity contribution in [1.82, 2.24) is 19.7 Å². The summed E-state index contributed by atoms with van der Waals surface area (Å²) in [7, 11) is 0. The predicted octanol–water partition coefficient (Wildman–Crippen LogP) is 5.04. The number of carbonyl (C=O) groups excluding carboxylic acids is 1. The molecule has 7 nitrogen and oxygen atoms in total. The smallest absolute Gasteiger partial charge is 0.475 e. The quantitative estimate of drug-likeness (QED) is 0.362. The van der Waals surface area contributed by atoms with E-state index in [4.69, 9.17) is 9.90 Å². The van der Waals surface area contributed by atoms with Crippen LogP contribution < -0.4 is 5.32 Å². The molecular weight excluding hydrogens is 513 g/mol. The van der Waals surface area contributed by atoms with Gasteiger partial charge in [-0.3, -0.25) is 9.78 Å². The molecule has 0 aliphatic rings. The van der Waals surface area contributed by atoms with Crippen molar-refractivity contribution in [2.75, 3.05) is 0 Å². The Bertz CT molecular complexity index is 1400. The summed E-state index contributed by atoms with van der Waals surface area (Å²) in [5.74, 6) is -3.99. The molecule has 14 heteroatoms. The molecule has 4 rings (SSSR count). The monoisotopic (exact) mass is 528 g/mol. The standard InChI is InChI=1S/C21H14F4N4O.C2HF3O2/c22-16-2-1-9-27-19(16)18(13-3-6-15(7-4-13)21(23,24)25)28-20(30)14-5-8-17-26-10-11-29(17)12-14;3-2(4,5)1(6)7/h1-12,18H,(H,28,30);(H,6,7). The van der Waals surface area contributed by atoms with Crippen LogP contribution in [0.4, 0.5) is 30.7 Å². The molecule has 0 fully saturated rings. The van der Waals surface area contributed by atoms with E-state index in [1.807, 2.05) is 0 Å². The van der Waals surface area contributed by atoms with Crippen molar-refractivity contribution in [2.45, 2.75) is 18.4 Å². The van der Waals surface area contributed by atoms with Crippen molar-refractivity contribution in [3.63, 3.8) is 0 Å². The number of nitrogens with zero attached hydrogens (tertiary/aromatic N) is 3. The minimum atomic E-state index is -5.08. The van der Waals surface area contributed by atoms with Crippen LogP contribution in [-0.2, 0) is 11.0 Å². The Balaban J connectivity index is 0.000000479. The highest BCUT2D eigenvalue weighted by Gasteiger charge is 2.38. The summed E-state index contributed by atoms with van der Waals surface area (Å²) in [6, 6.07) is 8.82. The van der Waals surface area contributed by atoms with Gasteiger partial charge in [0, 0.05) is 24.8 Å². The zero-order chi connectivity index (χ0) is 27.4. The average molecular weight is 528 g/mol. The largest absolute Gasteiger partial charge is 0.490 e. The number of benzene rings is 1. The average Bonchev–Trinajstić information content (AvgIpc) is 3.30. The zero-order valence-corrected chi connectivity index (χ0v) is 18.3. The molecule has 0 radical (unpaired) electrons. The lowest BCUT2D eigenvalue weighted by Gasteiger charge is -2.20. The third kappa shape index (κ3) is 6.80. The second-order valence-electron chi connectivity index (χ2n) is 7.31. The Morgan fingerprint density at radius 2 is 1.57 bits per heavy atom. The molecule has 0 saturated heterocycles. The first-order valence-corrected chi connectivity index (χ1v) is 10.1. The van der Waals surface area contributed by atoms with Crippen LogP contribution in [0.1, 0.15) is 33.2 Å². The number of fused-ring (bicyclic) bond motifs is 1. The third-order valence-corrected chi connectivity index (χ3v) is 4.80. The van der Waals surface area contributed by atoms with Crippen molar-refractivity contribution >= 4 is 17.5 Å². The van der Waals surface area contributed by atoms with Crippen LogP contribution in [-0.4, -0.2) is 37.5 Å². The van der Waals surface area contributed by atoms with Gasteiger partial charge in [0.15, 0.2) is 0 Å². The molecular formula is C23H15F7N4O3. The van der Waals surface area contributed by atoms with E-state index in [2.05, 4.69) is 15.3 Å². The van der Waals surface area contributed by atoms with Gasteiger partial charge >= 0.3 is 18.3 Å². The summed E-state index contributed by atoms with van der Waals surface area (Å²) in [5, 5.41) is 9.79. The topological polar surface area (TPSA) is 96.6 Å². The molecule has 3 heterocycles. The van der Waals surface area contributed by atoms with Crippen LogP contribution in [0.5, 0.6) is 0 Å². The third-order valence-electron chi connectivity index (χ3n) is 4.80. The minimum Gasteiger partial charge on any atom is -0.475 e. The number of imidazole rings is 1. The number of carboxylic acids is 1. The number of halogens is 7. The lowest BCUT2D eigenvalue weighted by atomic mass is 10.0. The van der Waals surface area contributed by atoms with Gasteiger partial charge in [0.2, 0.25) is 0 Å². The number of hydrogen-bond donors (Lipinski definition) is 2. The Labute approximate surface area is 203 Å². The van der Waals surface area contributed by atoms with Crippen LogP contribution >= 0.6 is 0 Å². The number of aliphatic carboxylic acids is 1. The molecule has 0 saturated carbocycles. The van der Waals surface area contributed by atoms with E-state index < -0.39 is 41.7 Å². The first kappa shape index (κ1) is 27.1. The van der Waals surface area contributed by atoms with Gasteiger partial charge in [-0.15, -0.1) is 0 Å². The summed E-state index contributed by atoms with van der Waals surface area (Å²) < 4.78 is 86.5. The van der Waals surface area contributed by atoms with E-state index in [0.717, 1.165) is 12.1 Å². The van der Waals surface area contributed by atoms with Gasteiger partial charge < -0.3 is 14.8 Å². The maximum Gasteiger partial charge on any atom is 0.490 e. The molecule has 2 N–H and O–H groups in total. The number of aromatic nitrogens is 3. The molecule has 0 bridgehead atoms. The van der Waals surface area contributed by atoms with Crippen LogP contribution in [0.25, 0.3) is 5.65 Å². The summed E-state index contributed by atoms with van der Waals surface area (Å²) >= 11 is 0. The lowest BCUT2D eigenvalue weighted by Crippen LogP contribution is -2.30. The van der Waals surface area contributed by atoms with Gasteiger partial charge in [-0.2, -0.15) is 26.3 Å². The summed E-state index contributed by atoms with van der Waals surface area (Å²) in [6.45, 7) is 0. The zero-order valence-electron chi connectivity index (χ0n) is 18.3. The van der Waals surface area contributed by atoms with Gasteiger partial charge in [-0.25, -0.2) is 14.2 Å². The molecule has 194 valence electrons. The number of carboxylic acid groups (broad SMARTS) is 1. The number of pyridine rings is 2. The summed E-state index contributed by atoms with van der Waals surface area (Å²) in [4.78, 5) is 29.8. The highest BCUT2D eigenvalue weighted by molar-refractivity contribution is 5.94. The minimum absolute atomic E-state index is 0.102. The van der Waals surface area contributed by atoms with E-state index in [9.17, 15) is 35.5 Å². The number of carbonyl (C=O) groups is 2. The van der Waals surface area contributed by atoms with Crippen LogP contribution in [0, 0.1) is 5.82 Å². The van der Waals surface area contributed by atoms with E-state index in [0.29, 0.717) is 5.65 Å². The fourth-order valence-corrected chi connectivity index (χ4v) is 3.05. The molecule has 0 aliphatic heterocycles. The highest BCUT2D eigenvalue weighted by atomic mass is 19.4. The fourth-order valence-electron chi connectivity index (χ4n) is 3.05. The highest BCUT2D eigenvalue weighted by Crippen LogP contribution is 2.31. The maximum absolute atomic E-state index is 14.4. The van der Waals surface area contributed by atoms with E-state index in [-0.39, 0.29) is 16.8 Å². The van der Waals surface area contributed by atoms with Crippen molar-refractivity contribution in [1.29, 1.82) is 0 Å². The first-order valence-electron chi connectivity index (χ1n) is 10.1. The van der Waals surface area contributed by atoms with E-state index in [1.54, 1.807) is 35.1 Å². The molecule has 1 unspecified atom stereocenters. The fraction of sp³-hybridized carbons (Fsp3) is 0.130. The number of hydrogen-bond acceptors (Lipinski definition) is 4. The van der Waals surface area contributed by atoms with Crippen LogP contribution in [0.15, 0.2) is 73.3 Å². The van der Waals surface area contributed by atoms with Gasteiger partial charge in [0.25, 0.3) is 5.91 Å². The molecule has 0 aliphatic carbocycles.